The summed E-state index contributed by atoms with van der Waals surface area (Å²) in [5.41, 5.74) is 7.43. The second-order valence-corrected chi connectivity index (χ2v) is 6.46. The normalized spacial score (nSPS) is 20.4. The lowest BCUT2D eigenvalue weighted by Gasteiger charge is -2.36. The average Bonchev–Trinajstić information content (AvgIpc) is 2.47. The van der Waals surface area contributed by atoms with Crippen LogP contribution in [0.15, 0.2) is 39.7 Å². The highest BCUT2D eigenvalue weighted by atomic mass is 32.2. The van der Waals surface area contributed by atoms with E-state index in [0.717, 1.165) is 28.5 Å². The molecule has 0 radical (unpaired) electrons. The summed E-state index contributed by atoms with van der Waals surface area (Å²) < 4.78 is 5.33. The lowest BCUT2D eigenvalue weighted by atomic mass is 9.91. The monoisotopic (exact) mass is 318 g/mol. The van der Waals surface area contributed by atoms with E-state index < -0.39 is 0 Å². The second kappa shape index (κ2) is 6.10. The lowest BCUT2D eigenvalue weighted by molar-refractivity contribution is -0.117. The number of nitrogens with two attached hydrogens (primary N) is 1. The minimum atomic E-state index is -0.301. The van der Waals surface area contributed by atoms with Crippen LogP contribution in [0.4, 0.5) is 5.82 Å². The number of primary amides is 1. The van der Waals surface area contributed by atoms with Crippen molar-refractivity contribution in [3.8, 4) is 0 Å². The van der Waals surface area contributed by atoms with Crippen molar-refractivity contribution in [1.29, 1.82) is 0 Å². The highest BCUT2D eigenvalue weighted by molar-refractivity contribution is 8.03. The number of hydrogen-bond donors (Lipinski definition) is 1. The third-order valence-corrected chi connectivity index (χ3v) is 4.98. The van der Waals surface area contributed by atoms with Gasteiger partial charge >= 0.3 is 0 Å². The average molecular weight is 318 g/mol. The van der Waals surface area contributed by atoms with Gasteiger partial charge in [0.25, 0.3) is 0 Å². The first-order valence-corrected chi connectivity index (χ1v) is 7.89. The van der Waals surface area contributed by atoms with Crippen molar-refractivity contribution in [2.75, 3.05) is 18.7 Å². The van der Waals surface area contributed by atoms with E-state index in [4.69, 9.17) is 10.5 Å². The van der Waals surface area contributed by atoms with Crippen LogP contribution in [0.25, 0.3) is 0 Å². The van der Waals surface area contributed by atoms with Gasteiger partial charge in [-0.1, -0.05) is 24.3 Å². The topological polar surface area (TPSA) is 81.3 Å². The van der Waals surface area contributed by atoms with Crippen LogP contribution in [0.3, 0.4) is 0 Å². The van der Waals surface area contributed by atoms with Crippen LogP contribution < -0.4 is 10.6 Å². The Morgan fingerprint density at radius 2 is 2.27 bits per heavy atom. The minimum Gasteiger partial charge on any atom is -0.369 e. The second-order valence-electron chi connectivity index (χ2n) is 5.43. The van der Waals surface area contributed by atoms with E-state index >= 15 is 0 Å². The van der Waals surface area contributed by atoms with Crippen LogP contribution in [-0.4, -0.2) is 29.7 Å². The summed E-state index contributed by atoms with van der Waals surface area (Å²) in [4.78, 5) is 23.3. The van der Waals surface area contributed by atoms with E-state index in [9.17, 15) is 4.79 Å². The van der Waals surface area contributed by atoms with Gasteiger partial charge in [0.05, 0.1) is 5.70 Å². The quantitative estimate of drug-likeness (QED) is 0.915. The Hall–Kier alpha value is -1.86. The van der Waals surface area contributed by atoms with Crippen LogP contribution in [0.5, 0.6) is 0 Å². The molecule has 1 aromatic rings. The molecule has 2 heterocycles. The highest BCUT2D eigenvalue weighted by Gasteiger charge is 2.32. The Bertz CT molecular complexity index is 671. The molecule has 22 heavy (non-hydrogen) atoms. The van der Waals surface area contributed by atoms with Crippen molar-refractivity contribution in [2.45, 2.75) is 24.8 Å². The molecule has 2 N–H and O–H groups in total. The zero-order valence-corrected chi connectivity index (χ0v) is 13.4. The first kappa shape index (κ1) is 15.1. The number of carbonyl (C=O) groups is 1. The van der Waals surface area contributed by atoms with Gasteiger partial charge in [0, 0.05) is 30.8 Å². The number of nitrogens with zero attached hydrogens (tertiary/aromatic N) is 3. The predicted octanol–water partition coefficient (Wildman–Crippen LogP) is 2.05. The summed E-state index contributed by atoms with van der Waals surface area (Å²) >= 11 is 1.65. The van der Waals surface area contributed by atoms with E-state index in [1.54, 1.807) is 31.3 Å². The summed E-state index contributed by atoms with van der Waals surface area (Å²) in [6.07, 6.45) is 6.55. The molecule has 0 spiro atoms. The molecule has 1 unspecified atom stereocenters. The smallest absolute Gasteiger partial charge is 0.221 e. The third kappa shape index (κ3) is 2.74. The molecular formula is C15H18N4O2S. The predicted molar refractivity (Wildman–Crippen MR) is 84.9 cm³/mol. The maximum absolute atomic E-state index is 11.2. The minimum absolute atomic E-state index is 0.292. The number of fused-ring (bicyclic) bond motifs is 1. The molecule has 7 heteroatoms. The number of amides is 1. The maximum Gasteiger partial charge on any atom is 0.221 e. The van der Waals surface area contributed by atoms with Crippen molar-refractivity contribution in [2.24, 2.45) is 11.7 Å². The Morgan fingerprint density at radius 1 is 1.50 bits per heavy atom. The van der Waals surface area contributed by atoms with Crippen molar-refractivity contribution in [3.63, 3.8) is 0 Å². The largest absolute Gasteiger partial charge is 0.369 e. The number of ether oxygens (including phenoxy) is 1. The number of thioether (sulfide) groups is 1. The molecular weight excluding hydrogens is 300 g/mol. The van der Waals surface area contributed by atoms with E-state index in [-0.39, 0.29) is 5.91 Å². The van der Waals surface area contributed by atoms with Crippen molar-refractivity contribution in [1.82, 2.24) is 9.97 Å². The van der Waals surface area contributed by atoms with E-state index in [1.807, 2.05) is 11.0 Å². The van der Waals surface area contributed by atoms with E-state index in [1.165, 1.54) is 4.91 Å². The Balaban J connectivity index is 2.05. The van der Waals surface area contributed by atoms with Crippen LogP contribution in [0.1, 0.15) is 19.8 Å². The molecule has 0 bridgehead atoms. The molecule has 1 aromatic heterocycles. The van der Waals surface area contributed by atoms with E-state index in [0.29, 0.717) is 19.1 Å². The van der Waals surface area contributed by atoms with Gasteiger partial charge in [-0.15, -0.1) is 0 Å². The number of rotatable bonds is 4. The Labute approximate surface area is 133 Å². The van der Waals surface area contributed by atoms with Gasteiger partial charge in [-0.3, -0.25) is 9.69 Å². The third-order valence-electron chi connectivity index (χ3n) is 3.67. The highest BCUT2D eigenvalue weighted by Crippen LogP contribution is 2.48. The molecule has 0 saturated heterocycles. The lowest BCUT2D eigenvalue weighted by Crippen LogP contribution is -2.31. The number of aromatic nitrogens is 2. The molecule has 1 amide bonds. The number of allylic oxidation sites excluding steroid dienone is 2. The first-order chi connectivity index (χ1) is 10.6. The van der Waals surface area contributed by atoms with Crippen molar-refractivity contribution in [3.05, 3.63) is 34.6 Å². The van der Waals surface area contributed by atoms with E-state index in [2.05, 4.69) is 16.9 Å². The summed E-state index contributed by atoms with van der Waals surface area (Å²) in [5.74, 6) is 0.801. The van der Waals surface area contributed by atoms with Crippen molar-refractivity contribution >= 4 is 23.5 Å². The summed E-state index contributed by atoms with van der Waals surface area (Å²) in [7, 11) is 1.65. The summed E-state index contributed by atoms with van der Waals surface area (Å²) in [6.45, 7) is 2.54. The molecule has 1 aliphatic carbocycles. The number of anilines is 1. The Morgan fingerprint density at radius 3 is 3.00 bits per heavy atom. The molecule has 6 nitrogen and oxygen atoms in total. The molecule has 3 rings (SSSR count). The van der Waals surface area contributed by atoms with Gasteiger partial charge in [-0.05, 0) is 18.4 Å². The SMILES string of the molecule is COCN1C2=C(Sc3nccnc31)C(C)CC(CC(N)=O)=C2. The molecule has 2 aliphatic rings. The van der Waals surface area contributed by atoms with Crippen LogP contribution in [-0.2, 0) is 9.53 Å². The summed E-state index contributed by atoms with van der Waals surface area (Å²) in [5, 5.41) is 0.886. The fourth-order valence-corrected chi connectivity index (χ4v) is 3.96. The van der Waals surface area contributed by atoms with Crippen LogP contribution >= 0.6 is 11.8 Å². The fraction of sp³-hybridized carbons (Fsp3) is 0.400. The van der Waals surface area contributed by atoms with Gasteiger partial charge < -0.3 is 10.5 Å². The molecule has 116 valence electrons. The standard InChI is InChI=1S/C15H18N4O2S/c1-9-5-10(7-12(16)20)6-11-13(9)22-15-14(17-3-4-18-15)19(11)8-21-2/h3-4,6,9H,5,7-8H2,1-2H3,(H2,16,20). The van der Waals surface area contributed by atoms with Crippen molar-refractivity contribution < 1.29 is 9.53 Å². The van der Waals surface area contributed by atoms with Gasteiger partial charge in [0.15, 0.2) is 5.82 Å². The molecule has 1 atom stereocenters. The number of carbonyl (C=O) groups excluding carboxylic acids is 1. The number of methoxy groups -OCH3 is 1. The molecule has 0 saturated carbocycles. The van der Waals surface area contributed by atoms with Gasteiger partial charge in [0.2, 0.25) is 5.91 Å². The zero-order chi connectivity index (χ0) is 15.7. The fourth-order valence-electron chi connectivity index (χ4n) is 2.83. The molecule has 1 aliphatic heterocycles. The molecule has 0 aromatic carbocycles. The maximum atomic E-state index is 11.2. The summed E-state index contributed by atoms with van der Waals surface area (Å²) in [6, 6.07) is 0. The molecule has 0 fully saturated rings. The van der Waals surface area contributed by atoms with Gasteiger partial charge in [0.1, 0.15) is 11.8 Å². The zero-order valence-electron chi connectivity index (χ0n) is 12.6. The number of hydrogen-bond acceptors (Lipinski definition) is 6. The van der Waals surface area contributed by atoms with Crippen LogP contribution in [0.2, 0.25) is 0 Å². The van der Waals surface area contributed by atoms with Crippen LogP contribution in [0, 0.1) is 5.92 Å². The van der Waals surface area contributed by atoms with Gasteiger partial charge in [-0.2, -0.15) is 0 Å². The Kier molecular flexibility index (Phi) is 4.17. The first-order valence-electron chi connectivity index (χ1n) is 7.07. The van der Waals surface area contributed by atoms with Gasteiger partial charge in [-0.25, -0.2) is 9.97 Å².